The Morgan fingerprint density at radius 1 is 1.24 bits per heavy atom. The van der Waals surface area contributed by atoms with Gasteiger partial charge in [-0.1, -0.05) is 0 Å². The van der Waals surface area contributed by atoms with Crippen molar-refractivity contribution >= 4 is 29.0 Å². The molecular formula is C21H28N6O10. The number of alkyl carbamates (subject to hydrolysis) is 1. The Balaban J connectivity index is 1.79. The molecule has 1 fully saturated rings. The first-order valence-electron chi connectivity index (χ1n) is 11.2. The van der Waals surface area contributed by atoms with Crippen LogP contribution in [-0.2, 0) is 32.5 Å². The lowest BCUT2D eigenvalue weighted by atomic mass is 10.1. The molecule has 202 valence electrons. The summed E-state index contributed by atoms with van der Waals surface area (Å²) in [6.07, 6.45) is -6.39. The molecule has 16 nitrogen and oxygen atoms in total. The van der Waals surface area contributed by atoms with Crippen LogP contribution >= 0.6 is 0 Å². The van der Waals surface area contributed by atoms with Gasteiger partial charge in [-0.25, -0.2) is 24.0 Å². The number of hydrogen-bond acceptors (Lipinski definition) is 12. The van der Waals surface area contributed by atoms with Crippen molar-refractivity contribution in [3.8, 4) is 0 Å². The van der Waals surface area contributed by atoms with E-state index in [0.29, 0.717) is 5.69 Å². The number of esters is 1. The molecule has 3 aromatic heterocycles. The lowest BCUT2D eigenvalue weighted by Gasteiger charge is -2.21. The molecule has 0 unspecified atom stereocenters. The molecule has 1 aliphatic rings. The molecular weight excluding hydrogens is 496 g/mol. The van der Waals surface area contributed by atoms with E-state index in [2.05, 4.69) is 24.8 Å². The topological polar surface area (TPSA) is 212 Å². The first-order chi connectivity index (χ1) is 17.5. The van der Waals surface area contributed by atoms with Crippen LogP contribution in [0.3, 0.4) is 0 Å². The molecule has 0 aliphatic carbocycles. The normalized spacial score (nSPS) is 23.4. The summed E-state index contributed by atoms with van der Waals surface area (Å²) >= 11 is 0. The molecule has 0 bridgehead atoms. The summed E-state index contributed by atoms with van der Waals surface area (Å²) in [5.74, 6) is -0.766. The molecule has 1 saturated heterocycles. The van der Waals surface area contributed by atoms with E-state index < -0.39 is 60.9 Å². The van der Waals surface area contributed by atoms with Crippen LogP contribution in [0.1, 0.15) is 17.6 Å². The number of aliphatic hydroxyl groups excluding tert-OH is 4. The van der Waals surface area contributed by atoms with Crippen LogP contribution in [0, 0.1) is 6.92 Å². The fourth-order valence-electron chi connectivity index (χ4n) is 4.50. The van der Waals surface area contributed by atoms with E-state index in [4.69, 9.17) is 4.74 Å². The lowest BCUT2D eigenvalue weighted by molar-refractivity contribution is -0.146. The summed E-state index contributed by atoms with van der Waals surface area (Å²) < 4.78 is 18.9. The minimum atomic E-state index is -1.51. The molecule has 0 spiro atoms. The van der Waals surface area contributed by atoms with Crippen LogP contribution in [0.4, 0.5) is 4.79 Å². The predicted molar refractivity (Wildman–Crippen MR) is 123 cm³/mol. The highest BCUT2D eigenvalue weighted by Gasteiger charge is 2.44. The minimum Gasteiger partial charge on any atom is -0.467 e. The van der Waals surface area contributed by atoms with Crippen molar-refractivity contribution < 1.29 is 44.2 Å². The number of nitrogens with one attached hydrogen (secondary N) is 1. The lowest BCUT2D eigenvalue weighted by Crippen LogP contribution is -2.50. The van der Waals surface area contributed by atoms with E-state index in [-0.39, 0.29) is 29.1 Å². The number of methoxy groups -OCH3 is 2. The smallest absolute Gasteiger partial charge is 0.407 e. The second kappa shape index (κ2) is 10.1. The molecule has 4 heterocycles. The maximum Gasteiger partial charge on any atom is 0.407 e. The Kier molecular flexibility index (Phi) is 7.20. The van der Waals surface area contributed by atoms with Gasteiger partial charge in [-0.15, -0.1) is 0 Å². The third-order valence-corrected chi connectivity index (χ3v) is 6.44. The molecule has 1 aliphatic heterocycles. The fraction of sp³-hybridized carbons (Fsp3) is 0.571. The Bertz CT molecular complexity index is 1400. The number of imidazole rings is 2. The van der Waals surface area contributed by atoms with Crippen LogP contribution in [0.25, 0.3) is 16.9 Å². The number of hydrogen-bond donors (Lipinski definition) is 5. The van der Waals surface area contributed by atoms with Crippen molar-refractivity contribution in [3.05, 3.63) is 28.1 Å². The summed E-state index contributed by atoms with van der Waals surface area (Å²) in [4.78, 5) is 46.0. The number of aryl methyl sites for hydroxylation is 2. The molecule has 16 heteroatoms. The van der Waals surface area contributed by atoms with Gasteiger partial charge in [0, 0.05) is 13.5 Å². The van der Waals surface area contributed by atoms with Crippen LogP contribution < -0.4 is 10.9 Å². The molecule has 0 aromatic carbocycles. The van der Waals surface area contributed by atoms with Gasteiger partial charge in [0.05, 0.1) is 44.6 Å². The monoisotopic (exact) mass is 524 g/mol. The van der Waals surface area contributed by atoms with Gasteiger partial charge >= 0.3 is 12.1 Å². The number of amides is 1. The van der Waals surface area contributed by atoms with E-state index >= 15 is 0 Å². The average Bonchev–Trinajstić information content (AvgIpc) is 3.55. The molecule has 37 heavy (non-hydrogen) atoms. The van der Waals surface area contributed by atoms with Crippen LogP contribution in [0.15, 0.2) is 11.1 Å². The molecule has 3 aromatic rings. The van der Waals surface area contributed by atoms with Gasteiger partial charge in [0.25, 0.3) is 5.56 Å². The van der Waals surface area contributed by atoms with Crippen LogP contribution in [-0.4, -0.2) is 107 Å². The quantitative estimate of drug-likeness (QED) is 0.197. The van der Waals surface area contributed by atoms with E-state index in [1.807, 2.05) is 0 Å². The van der Waals surface area contributed by atoms with Crippen molar-refractivity contribution in [1.29, 1.82) is 0 Å². The van der Waals surface area contributed by atoms with Gasteiger partial charge < -0.3 is 40.0 Å². The third-order valence-electron chi connectivity index (χ3n) is 6.44. The standard InChI is InChI=1S/C21H28N6O10/c1-8-9(5-10(29)12(19(33)35-3)24-21(34)36-4)27-17(32)13-16(25(2)20(27)23-8)26(7-22-13)18-15(31)14(30)11(6-28)37-18/h7,10-12,14-15,18,28-31H,5-6H2,1-4H3,(H,24,34)/t10-,11+,12-,14+,15+,18+/m0/s1. The molecule has 0 saturated carbocycles. The van der Waals surface area contributed by atoms with Gasteiger partial charge in [0.2, 0.25) is 5.78 Å². The minimum absolute atomic E-state index is 0.0296. The van der Waals surface area contributed by atoms with Gasteiger partial charge in [-0.05, 0) is 6.92 Å². The zero-order chi connectivity index (χ0) is 27.2. The number of rotatable bonds is 7. The van der Waals surface area contributed by atoms with E-state index in [0.717, 1.165) is 14.2 Å². The second-order valence-electron chi connectivity index (χ2n) is 8.60. The van der Waals surface area contributed by atoms with E-state index in [1.54, 1.807) is 14.0 Å². The average molecular weight is 524 g/mol. The zero-order valence-corrected chi connectivity index (χ0v) is 20.4. The third kappa shape index (κ3) is 4.31. The first-order valence-corrected chi connectivity index (χ1v) is 11.2. The summed E-state index contributed by atoms with van der Waals surface area (Å²) in [7, 11) is 3.79. The Morgan fingerprint density at radius 3 is 2.54 bits per heavy atom. The molecule has 5 N–H and O–H groups in total. The molecule has 1 amide bonds. The van der Waals surface area contributed by atoms with Crippen molar-refractivity contribution in [1.82, 2.24) is 28.8 Å². The fourth-order valence-corrected chi connectivity index (χ4v) is 4.50. The molecule has 4 rings (SSSR count). The van der Waals surface area contributed by atoms with Gasteiger partial charge in [-0.2, -0.15) is 0 Å². The van der Waals surface area contributed by atoms with Crippen molar-refractivity contribution in [2.45, 2.75) is 50.0 Å². The molecule has 0 radical (unpaired) electrons. The largest absolute Gasteiger partial charge is 0.467 e. The Hall–Kier alpha value is -3.57. The maximum atomic E-state index is 13.5. The highest BCUT2D eigenvalue weighted by Crippen LogP contribution is 2.31. The van der Waals surface area contributed by atoms with Crippen molar-refractivity contribution in [2.24, 2.45) is 7.05 Å². The predicted octanol–water partition coefficient (Wildman–Crippen LogP) is -2.90. The summed E-state index contributed by atoms with van der Waals surface area (Å²) in [6, 6.07) is -1.49. The Labute approximate surface area is 208 Å². The first kappa shape index (κ1) is 26.5. The van der Waals surface area contributed by atoms with Crippen LogP contribution in [0.5, 0.6) is 0 Å². The SMILES string of the molecule is COC(=O)N[C@H](C(=O)OC)[C@@H](O)Cc1c(C)nc2n(C)c3c(ncn3[C@@H]3O[C@H](CO)[C@@H](O)[C@H]3O)c(=O)n12. The summed E-state index contributed by atoms with van der Waals surface area (Å²) in [5, 5.41) is 43.0. The number of ether oxygens (including phenoxy) is 3. The van der Waals surface area contributed by atoms with Crippen molar-refractivity contribution in [3.63, 3.8) is 0 Å². The van der Waals surface area contributed by atoms with Gasteiger partial charge in [0.1, 0.15) is 18.3 Å². The number of carbonyl (C=O) groups excluding carboxylic acids is 2. The van der Waals surface area contributed by atoms with Gasteiger partial charge in [-0.3, -0.25) is 13.9 Å². The number of aromatic nitrogens is 5. The van der Waals surface area contributed by atoms with Gasteiger partial charge in [0.15, 0.2) is 23.4 Å². The summed E-state index contributed by atoms with van der Waals surface area (Å²) in [5.41, 5.74) is 0.211. The number of fused-ring (bicyclic) bond motifs is 2. The second-order valence-corrected chi connectivity index (χ2v) is 8.60. The number of aliphatic hydroxyl groups is 4. The van der Waals surface area contributed by atoms with E-state index in [9.17, 15) is 34.8 Å². The Morgan fingerprint density at radius 2 is 1.95 bits per heavy atom. The van der Waals surface area contributed by atoms with Crippen molar-refractivity contribution in [2.75, 3.05) is 20.8 Å². The number of carbonyl (C=O) groups is 2. The highest BCUT2D eigenvalue weighted by atomic mass is 16.6. The molecule has 6 atom stereocenters. The van der Waals surface area contributed by atoms with Crippen LogP contribution in [0.2, 0.25) is 0 Å². The summed E-state index contributed by atoms with van der Waals surface area (Å²) in [6.45, 7) is 1.08. The van der Waals surface area contributed by atoms with E-state index in [1.165, 1.54) is 19.9 Å². The highest BCUT2D eigenvalue weighted by molar-refractivity contribution is 5.82. The maximum absolute atomic E-state index is 13.5. The zero-order valence-electron chi connectivity index (χ0n) is 20.4. The number of nitrogens with zero attached hydrogens (tertiary/aromatic N) is 5.